The second kappa shape index (κ2) is 4.64. The molecule has 4 heteroatoms. The number of hydrogen-bond acceptors (Lipinski definition) is 3. The van der Waals surface area contributed by atoms with Crippen LogP contribution >= 0.6 is 0 Å². The monoisotopic (exact) mass is 245 g/mol. The summed E-state index contributed by atoms with van der Waals surface area (Å²) >= 11 is 0. The number of aromatic amines is 1. The molecule has 4 nitrogen and oxygen atoms in total. The van der Waals surface area contributed by atoms with Crippen molar-refractivity contribution in [2.45, 2.75) is 13.8 Å². The quantitative estimate of drug-likeness (QED) is 0.668. The van der Waals surface area contributed by atoms with Crippen LogP contribution in [0.15, 0.2) is 24.3 Å². The molecule has 0 aliphatic heterocycles. The molecule has 2 rings (SSSR count). The van der Waals surface area contributed by atoms with Crippen molar-refractivity contribution in [1.82, 2.24) is 4.98 Å². The van der Waals surface area contributed by atoms with Gasteiger partial charge >= 0.3 is 5.97 Å². The Balaban J connectivity index is 2.46. The number of hydrogen-bond donors (Lipinski definition) is 1. The summed E-state index contributed by atoms with van der Waals surface area (Å²) < 4.78 is 4.66. The second-order valence-electron chi connectivity index (χ2n) is 4.50. The number of fused-ring (bicyclic) bond motifs is 1. The van der Waals surface area contributed by atoms with E-state index in [-0.39, 0.29) is 17.7 Å². The van der Waals surface area contributed by atoms with Gasteiger partial charge in [0.25, 0.3) is 0 Å². The molecule has 0 radical (unpaired) electrons. The van der Waals surface area contributed by atoms with Crippen molar-refractivity contribution in [2.24, 2.45) is 5.92 Å². The van der Waals surface area contributed by atoms with E-state index < -0.39 is 0 Å². The van der Waals surface area contributed by atoms with Gasteiger partial charge in [0.2, 0.25) is 0 Å². The van der Waals surface area contributed by atoms with E-state index in [1.807, 2.05) is 13.8 Å². The number of carbonyl (C=O) groups is 2. The summed E-state index contributed by atoms with van der Waals surface area (Å²) in [6, 6.07) is 6.98. The van der Waals surface area contributed by atoms with Gasteiger partial charge in [0, 0.05) is 16.8 Å². The maximum atomic E-state index is 11.9. The van der Waals surface area contributed by atoms with Gasteiger partial charge in [-0.05, 0) is 18.2 Å². The first-order valence-electron chi connectivity index (χ1n) is 5.78. The van der Waals surface area contributed by atoms with Crippen LogP contribution in [0.4, 0.5) is 0 Å². The molecule has 0 atom stereocenters. The Hall–Kier alpha value is -2.10. The van der Waals surface area contributed by atoms with Crippen LogP contribution in [-0.4, -0.2) is 23.8 Å². The summed E-state index contributed by atoms with van der Waals surface area (Å²) in [7, 11) is 1.34. The van der Waals surface area contributed by atoms with Crippen molar-refractivity contribution in [3.63, 3.8) is 0 Å². The summed E-state index contributed by atoms with van der Waals surface area (Å²) in [5, 5.41) is 0.909. The summed E-state index contributed by atoms with van der Waals surface area (Å²) in [4.78, 5) is 26.3. The van der Waals surface area contributed by atoms with E-state index in [2.05, 4.69) is 9.72 Å². The molecule has 0 saturated carbocycles. The minimum absolute atomic E-state index is 0.0573. The average molecular weight is 245 g/mol. The Morgan fingerprint density at radius 2 is 1.94 bits per heavy atom. The molecule has 1 aromatic heterocycles. The lowest BCUT2D eigenvalue weighted by molar-refractivity contribution is 0.0600. The van der Waals surface area contributed by atoms with Crippen molar-refractivity contribution in [1.29, 1.82) is 0 Å². The van der Waals surface area contributed by atoms with E-state index in [1.165, 1.54) is 7.11 Å². The fraction of sp³-hybridized carbons (Fsp3) is 0.286. The van der Waals surface area contributed by atoms with E-state index in [4.69, 9.17) is 0 Å². The van der Waals surface area contributed by atoms with Crippen LogP contribution in [0.25, 0.3) is 10.9 Å². The third-order valence-electron chi connectivity index (χ3n) is 2.83. The van der Waals surface area contributed by atoms with Gasteiger partial charge in [-0.3, -0.25) is 4.79 Å². The van der Waals surface area contributed by atoms with Gasteiger partial charge in [-0.2, -0.15) is 0 Å². The van der Waals surface area contributed by atoms with Crippen LogP contribution in [0.5, 0.6) is 0 Å². The Bertz CT molecular complexity index is 611. The van der Waals surface area contributed by atoms with E-state index >= 15 is 0 Å². The standard InChI is InChI=1S/C14H15NO3/c1-8(2)13(16)12-6-9-4-5-10(14(17)18-3)7-11(9)15-12/h4-8,15H,1-3H3. The Kier molecular flexibility index (Phi) is 3.19. The SMILES string of the molecule is COC(=O)c1ccc2cc(C(=O)C(C)C)[nH]c2c1. The number of carbonyl (C=O) groups excluding carboxylic acids is 2. The first-order chi connectivity index (χ1) is 8.52. The number of methoxy groups -OCH3 is 1. The first kappa shape index (κ1) is 12.4. The third kappa shape index (κ3) is 2.14. The number of Topliss-reactive ketones (excluding diaryl/α,β-unsaturated/α-hetero) is 1. The zero-order valence-electron chi connectivity index (χ0n) is 10.6. The molecule has 0 fully saturated rings. The molecule has 0 saturated heterocycles. The summed E-state index contributed by atoms with van der Waals surface area (Å²) in [5.41, 5.74) is 1.80. The molecular formula is C14H15NO3. The Labute approximate surface area is 105 Å². The van der Waals surface area contributed by atoms with Crippen LogP contribution in [0.3, 0.4) is 0 Å². The zero-order valence-corrected chi connectivity index (χ0v) is 10.6. The highest BCUT2D eigenvalue weighted by atomic mass is 16.5. The number of esters is 1. The van der Waals surface area contributed by atoms with Crippen molar-refractivity contribution in [2.75, 3.05) is 7.11 Å². The highest BCUT2D eigenvalue weighted by Gasteiger charge is 2.14. The molecule has 0 aliphatic rings. The molecule has 2 aromatic rings. The van der Waals surface area contributed by atoms with Crippen LogP contribution in [0, 0.1) is 5.92 Å². The highest BCUT2D eigenvalue weighted by Crippen LogP contribution is 2.19. The lowest BCUT2D eigenvalue weighted by Crippen LogP contribution is -2.07. The molecule has 94 valence electrons. The van der Waals surface area contributed by atoms with E-state index in [0.29, 0.717) is 11.3 Å². The zero-order chi connectivity index (χ0) is 13.3. The predicted molar refractivity (Wildman–Crippen MR) is 68.8 cm³/mol. The number of ketones is 1. The van der Waals surface area contributed by atoms with E-state index in [9.17, 15) is 9.59 Å². The number of nitrogens with one attached hydrogen (secondary N) is 1. The maximum Gasteiger partial charge on any atom is 0.337 e. The van der Waals surface area contributed by atoms with Crippen LogP contribution in [-0.2, 0) is 4.74 Å². The molecule has 0 spiro atoms. The summed E-state index contributed by atoms with van der Waals surface area (Å²) in [6.45, 7) is 3.71. The molecule has 18 heavy (non-hydrogen) atoms. The number of ether oxygens (including phenoxy) is 1. The second-order valence-corrected chi connectivity index (χ2v) is 4.50. The Morgan fingerprint density at radius 1 is 1.22 bits per heavy atom. The fourth-order valence-corrected chi connectivity index (χ4v) is 1.82. The first-order valence-corrected chi connectivity index (χ1v) is 5.78. The van der Waals surface area contributed by atoms with Crippen LogP contribution in [0.2, 0.25) is 0 Å². The largest absolute Gasteiger partial charge is 0.465 e. The summed E-state index contributed by atoms with van der Waals surface area (Å²) in [5.74, 6) is -0.382. The van der Waals surface area contributed by atoms with Gasteiger partial charge in [0.15, 0.2) is 5.78 Å². The molecule has 0 aliphatic carbocycles. The lowest BCUT2D eigenvalue weighted by atomic mass is 10.1. The molecule has 0 unspecified atom stereocenters. The van der Waals surface area contributed by atoms with Gasteiger partial charge < -0.3 is 9.72 Å². The molecule has 0 amide bonds. The third-order valence-corrected chi connectivity index (χ3v) is 2.83. The average Bonchev–Trinajstić information content (AvgIpc) is 2.79. The van der Waals surface area contributed by atoms with Crippen molar-refractivity contribution in [3.8, 4) is 0 Å². The van der Waals surface area contributed by atoms with Gasteiger partial charge in [-0.1, -0.05) is 19.9 Å². The highest BCUT2D eigenvalue weighted by molar-refractivity contribution is 6.01. The maximum absolute atomic E-state index is 11.9. The van der Waals surface area contributed by atoms with E-state index in [1.54, 1.807) is 24.3 Å². The molecule has 1 heterocycles. The van der Waals surface area contributed by atoms with Gasteiger partial charge in [0.05, 0.1) is 18.4 Å². The number of aromatic nitrogens is 1. The van der Waals surface area contributed by atoms with Crippen LogP contribution in [0.1, 0.15) is 34.7 Å². The summed E-state index contributed by atoms with van der Waals surface area (Å²) in [6.07, 6.45) is 0. The van der Waals surface area contributed by atoms with Crippen LogP contribution < -0.4 is 0 Å². The fourth-order valence-electron chi connectivity index (χ4n) is 1.82. The number of rotatable bonds is 3. The lowest BCUT2D eigenvalue weighted by Gasteiger charge is -1.99. The molecule has 0 bridgehead atoms. The number of benzene rings is 1. The van der Waals surface area contributed by atoms with E-state index in [0.717, 1.165) is 10.9 Å². The van der Waals surface area contributed by atoms with Crippen molar-refractivity contribution in [3.05, 3.63) is 35.5 Å². The molecule has 1 aromatic carbocycles. The van der Waals surface area contributed by atoms with Crippen molar-refractivity contribution >= 4 is 22.7 Å². The molecular weight excluding hydrogens is 230 g/mol. The smallest absolute Gasteiger partial charge is 0.337 e. The van der Waals surface area contributed by atoms with Gasteiger partial charge in [0.1, 0.15) is 0 Å². The minimum Gasteiger partial charge on any atom is -0.465 e. The molecule has 1 N–H and O–H groups in total. The Morgan fingerprint density at radius 3 is 2.56 bits per heavy atom. The number of H-pyrrole nitrogens is 1. The van der Waals surface area contributed by atoms with Gasteiger partial charge in [-0.15, -0.1) is 0 Å². The minimum atomic E-state index is -0.386. The van der Waals surface area contributed by atoms with Crippen molar-refractivity contribution < 1.29 is 14.3 Å². The normalized spacial score (nSPS) is 10.9. The van der Waals surface area contributed by atoms with Gasteiger partial charge in [-0.25, -0.2) is 4.79 Å². The predicted octanol–water partition coefficient (Wildman–Crippen LogP) is 2.79. The topological polar surface area (TPSA) is 59.2 Å².